The van der Waals surface area contributed by atoms with Crippen LogP contribution in [0.25, 0.3) is 17.1 Å². The molecule has 0 fully saturated rings. The maximum absolute atomic E-state index is 13.4. The van der Waals surface area contributed by atoms with E-state index in [2.05, 4.69) is 15.4 Å². The van der Waals surface area contributed by atoms with Crippen molar-refractivity contribution in [3.8, 4) is 23.1 Å². The number of aromatic nitrogens is 3. The Labute approximate surface area is 200 Å². The van der Waals surface area contributed by atoms with Gasteiger partial charge < -0.3 is 10.1 Å². The molecular formula is C25H22FN5O4. The maximum Gasteiger partial charge on any atom is 0.336 e. The van der Waals surface area contributed by atoms with E-state index in [1.54, 1.807) is 41.1 Å². The Hall–Kier alpha value is -4.60. The van der Waals surface area contributed by atoms with Crippen molar-refractivity contribution in [2.45, 2.75) is 13.8 Å². The first kappa shape index (κ1) is 23.6. The molecule has 1 N–H and O–H groups in total. The normalized spacial score (nSPS) is 10.9. The van der Waals surface area contributed by atoms with Gasteiger partial charge in [0.25, 0.3) is 11.6 Å². The van der Waals surface area contributed by atoms with E-state index in [1.807, 2.05) is 13.8 Å². The third-order valence-electron chi connectivity index (χ3n) is 4.95. The molecule has 0 bridgehead atoms. The second kappa shape index (κ2) is 10.1. The molecule has 0 spiro atoms. The highest BCUT2D eigenvalue weighted by Crippen LogP contribution is 2.25. The fourth-order valence-corrected chi connectivity index (χ4v) is 3.19. The standard InChI is InChI=1S/C25H22FN5O4/c1-16(2)15-35-25-28-23(17-3-7-19(26)8-4-17)30(29-25)21-13-9-20(10-14-21)27-24(32)18-5-11-22(12-6-18)31(33)34/h3-14,16H,15H2,1-2H3,(H,27,32). The van der Waals surface area contributed by atoms with E-state index in [9.17, 15) is 19.3 Å². The van der Waals surface area contributed by atoms with Crippen molar-refractivity contribution in [3.05, 3.63) is 94.3 Å². The fraction of sp³-hybridized carbons (Fsp3) is 0.160. The number of rotatable bonds is 8. The first-order valence-corrected chi connectivity index (χ1v) is 10.8. The zero-order valence-corrected chi connectivity index (χ0v) is 19.0. The molecule has 1 amide bonds. The highest BCUT2D eigenvalue weighted by molar-refractivity contribution is 6.04. The Bertz CT molecular complexity index is 1330. The Kier molecular flexibility index (Phi) is 6.81. The summed E-state index contributed by atoms with van der Waals surface area (Å²) >= 11 is 0. The zero-order valence-electron chi connectivity index (χ0n) is 19.0. The largest absolute Gasteiger partial charge is 0.462 e. The average molecular weight is 475 g/mol. The summed E-state index contributed by atoms with van der Waals surface area (Å²) < 4.78 is 20.7. The number of benzene rings is 3. The molecule has 10 heteroatoms. The van der Waals surface area contributed by atoms with Crippen LogP contribution in [0.5, 0.6) is 6.01 Å². The van der Waals surface area contributed by atoms with Gasteiger partial charge in [-0.05, 0) is 66.6 Å². The number of carbonyl (C=O) groups is 1. The van der Waals surface area contributed by atoms with Crippen molar-refractivity contribution in [1.29, 1.82) is 0 Å². The Morgan fingerprint density at radius 2 is 1.71 bits per heavy atom. The lowest BCUT2D eigenvalue weighted by atomic mass is 10.2. The molecule has 0 aliphatic rings. The van der Waals surface area contributed by atoms with Crippen LogP contribution in [-0.2, 0) is 0 Å². The average Bonchev–Trinajstić information content (AvgIpc) is 3.28. The molecule has 0 aliphatic heterocycles. The van der Waals surface area contributed by atoms with Crippen molar-refractivity contribution in [2.75, 3.05) is 11.9 Å². The van der Waals surface area contributed by atoms with Gasteiger partial charge in [0.2, 0.25) is 0 Å². The predicted molar refractivity (Wildman–Crippen MR) is 128 cm³/mol. The van der Waals surface area contributed by atoms with Crippen molar-refractivity contribution in [2.24, 2.45) is 5.92 Å². The van der Waals surface area contributed by atoms with Crippen LogP contribution in [0.1, 0.15) is 24.2 Å². The molecular weight excluding hydrogens is 453 g/mol. The number of nitro groups is 1. The molecule has 0 aliphatic carbocycles. The van der Waals surface area contributed by atoms with Gasteiger partial charge in [-0.15, -0.1) is 5.10 Å². The highest BCUT2D eigenvalue weighted by Gasteiger charge is 2.16. The topological polar surface area (TPSA) is 112 Å². The summed E-state index contributed by atoms with van der Waals surface area (Å²) in [6.45, 7) is 4.48. The van der Waals surface area contributed by atoms with Crippen molar-refractivity contribution < 1.29 is 18.8 Å². The number of carbonyl (C=O) groups excluding carboxylic acids is 1. The summed E-state index contributed by atoms with van der Waals surface area (Å²) in [5.74, 6) is 0.00952. The van der Waals surface area contributed by atoms with Gasteiger partial charge in [0.05, 0.1) is 17.2 Å². The van der Waals surface area contributed by atoms with Gasteiger partial charge in [-0.2, -0.15) is 4.98 Å². The number of amides is 1. The van der Waals surface area contributed by atoms with Crippen LogP contribution < -0.4 is 10.1 Å². The summed E-state index contributed by atoms with van der Waals surface area (Å²) in [4.78, 5) is 27.2. The van der Waals surface area contributed by atoms with Crippen LogP contribution >= 0.6 is 0 Å². The van der Waals surface area contributed by atoms with E-state index in [0.717, 1.165) is 0 Å². The van der Waals surface area contributed by atoms with Gasteiger partial charge in [-0.3, -0.25) is 14.9 Å². The number of hydrogen-bond donors (Lipinski definition) is 1. The van der Waals surface area contributed by atoms with Gasteiger partial charge in [-0.25, -0.2) is 9.07 Å². The minimum absolute atomic E-state index is 0.0903. The predicted octanol–water partition coefficient (Wildman–Crippen LogP) is 5.27. The lowest BCUT2D eigenvalue weighted by Crippen LogP contribution is -2.12. The quantitative estimate of drug-likeness (QED) is 0.274. The monoisotopic (exact) mass is 475 g/mol. The Morgan fingerprint density at radius 1 is 1.06 bits per heavy atom. The van der Waals surface area contributed by atoms with Crippen LogP contribution in [0.15, 0.2) is 72.8 Å². The number of nitrogens with zero attached hydrogens (tertiary/aromatic N) is 4. The number of non-ortho nitro benzene ring substituents is 1. The van der Waals surface area contributed by atoms with E-state index in [1.165, 1.54) is 36.4 Å². The molecule has 0 saturated carbocycles. The molecule has 1 heterocycles. The number of anilines is 1. The third-order valence-corrected chi connectivity index (χ3v) is 4.95. The molecule has 178 valence electrons. The van der Waals surface area contributed by atoms with Crippen LogP contribution in [0, 0.1) is 21.8 Å². The van der Waals surface area contributed by atoms with E-state index in [4.69, 9.17) is 4.74 Å². The first-order chi connectivity index (χ1) is 16.8. The molecule has 0 unspecified atom stereocenters. The molecule has 1 aromatic heterocycles. The van der Waals surface area contributed by atoms with Crippen LogP contribution in [0.4, 0.5) is 15.8 Å². The molecule has 4 rings (SSSR count). The smallest absolute Gasteiger partial charge is 0.336 e. The number of halogens is 1. The first-order valence-electron chi connectivity index (χ1n) is 10.8. The third kappa shape index (κ3) is 5.67. The SMILES string of the molecule is CC(C)COc1nc(-c2ccc(F)cc2)n(-c2ccc(NC(=O)c3ccc([N+](=O)[O-])cc3)cc2)n1. The van der Waals surface area contributed by atoms with Crippen LogP contribution in [0.3, 0.4) is 0 Å². The molecule has 3 aromatic carbocycles. The summed E-state index contributed by atoms with van der Waals surface area (Å²) in [6.07, 6.45) is 0. The van der Waals surface area contributed by atoms with Gasteiger partial charge in [0.15, 0.2) is 5.82 Å². The number of nitrogens with one attached hydrogen (secondary N) is 1. The van der Waals surface area contributed by atoms with Gasteiger partial charge in [0.1, 0.15) is 5.82 Å². The van der Waals surface area contributed by atoms with E-state index >= 15 is 0 Å². The van der Waals surface area contributed by atoms with Crippen molar-refractivity contribution in [3.63, 3.8) is 0 Å². The van der Waals surface area contributed by atoms with Crippen molar-refractivity contribution >= 4 is 17.3 Å². The summed E-state index contributed by atoms with van der Waals surface area (Å²) in [6, 6.07) is 18.4. The van der Waals surface area contributed by atoms with E-state index < -0.39 is 10.8 Å². The highest BCUT2D eigenvalue weighted by atomic mass is 19.1. The number of nitro benzene ring substituents is 1. The van der Waals surface area contributed by atoms with Crippen LogP contribution in [-0.4, -0.2) is 32.2 Å². The number of hydrogen-bond acceptors (Lipinski definition) is 6. The second-order valence-corrected chi connectivity index (χ2v) is 8.15. The molecule has 0 atom stereocenters. The minimum atomic E-state index is -0.524. The molecule has 0 radical (unpaired) electrons. The molecule has 35 heavy (non-hydrogen) atoms. The summed E-state index contributed by atoms with van der Waals surface area (Å²) in [5.41, 5.74) is 2.05. The lowest BCUT2D eigenvalue weighted by Gasteiger charge is -2.09. The minimum Gasteiger partial charge on any atom is -0.462 e. The Balaban J connectivity index is 1.57. The summed E-state index contributed by atoms with van der Waals surface area (Å²) in [5, 5.41) is 18.0. The van der Waals surface area contributed by atoms with Gasteiger partial charge in [-0.1, -0.05) is 13.8 Å². The maximum atomic E-state index is 13.4. The molecule has 0 saturated heterocycles. The van der Waals surface area contributed by atoms with E-state index in [-0.39, 0.29) is 23.4 Å². The number of ether oxygens (including phenoxy) is 1. The van der Waals surface area contributed by atoms with Gasteiger partial charge in [0, 0.05) is 28.9 Å². The van der Waals surface area contributed by atoms with E-state index in [0.29, 0.717) is 34.9 Å². The molecule has 4 aromatic rings. The zero-order chi connectivity index (χ0) is 24.9. The van der Waals surface area contributed by atoms with Gasteiger partial charge >= 0.3 is 6.01 Å². The Morgan fingerprint density at radius 3 is 2.31 bits per heavy atom. The van der Waals surface area contributed by atoms with Crippen molar-refractivity contribution in [1.82, 2.24) is 14.8 Å². The van der Waals surface area contributed by atoms with Crippen LogP contribution in [0.2, 0.25) is 0 Å². The molecule has 9 nitrogen and oxygen atoms in total. The fourth-order valence-electron chi connectivity index (χ4n) is 3.19. The summed E-state index contributed by atoms with van der Waals surface area (Å²) in [7, 11) is 0. The lowest BCUT2D eigenvalue weighted by molar-refractivity contribution is -0.384. The second-order valence-electron chi connectivity index (χ2n) is 8.15.